The number of ether oxygens (including phenoxy) is 8. The Balaban J connectivity index is 0.894. The first-order chi connectivity index (χ1) is 63.5. The molecule has 3 saturated heterocycles. The summed E-state index contributed by atoms with van der Waals surface area (Å²) in [5.74, 6) is -13.1. The van der Waals surface area contributed by atoms with Gasteiger partial charge in [-0.3, -0.25) is 58.8 Å². The molecular weight excluding hydrogens is 1790 g/mol. The lowest BCUT2D eigenvalue weighted by Gasteiger charge is -2.67. The second kappa shape index (κ2) is 46.2. The van der Waals surface area contributed by atoms with Crippen LogP contribution in [0.1, 0.15) is 188 Å². The molecule has 135 heavy (non-hydrogen) atoms. The largest absolute Gasteiger partial charge is 0.508 e. The van der Waals surface area contributed by atoms with E-state index in [1.54, 1.807) is 125 Å². The highest BCUT2D eigenvalue weighted by Gasteiger charge is 2.78. The molecule has 6 unspecified atom stereocenters. The fourth-order valence-electron chi connectivity index (χ4n) is 19.3. The number of amides is 8. The maximum absolute atomic E-state index is 16.0. The predicted molar refractivity (Wildman–Crippen MR) is 499 cm³/mol. The number of carbonyl (C=O) groups excluding carboxylic acids is 12. The number of hydrogen-bond acceptors (Lipinski definition) is 28. The second-order valence-electron chi connectivity index (χ2n) is 38.1. The van der Waals surface area contributed by atoms with Crippen molar-refractivity contribution in [3.05, 3.63) is 125 Å². The summed E-state index contributed by atoms with van der Waals surface area (Å²) < 4.78 is 49.1. The molecule has 0 radical (unpaired) electrons. The van der Waals surface area contributed by atoms with E-state index in [4.69, 9.17) is 65.9 Å². The number of phenols is 1. The van der Waals surface area contributed by atoms with Crippen molar-refractivity contribution < 1.29 is 116 Å². The van der Waals surface area contributed by atoms with Gasteiger partial charge < -0.3 is 123 Å². The van der Waals surface area contributed by atoms with E-state index >= 15 is 24.0 Å². The third-order valence-electron chi connectivity index (χ3n) is 26.3. The number of Topliss-reactive ketones (excluding diaryl/α,β-unsaturated/α-hetero) is 1. The first-order valence-corrected chi connectivity index (χ1v) is 47.8. The van der Waals surface area contributed by atoms with E-state index in [9.17, 15) is 53.7 Å². The van der Waals surface area contributed by atoms with Crippen molar-refractivity contribution in [2.24, 2.45) is 45.3 Å². The Morgan fingerprint density at radius 1 is 0.711 bits per heavy atom. The van der Waals surface area contributed by atoms with E-state index in [-0.39, 0.29) is 150 Å². The Morgan fingerprint density at radius 2 is 1.27 bits per heavy atom. The molecule has 8 amide bonds. The molecule has 0 aromatic heterocycles. The number of nitrogens with one attached hydrogen (secondary N) is 10. The first kappa shape index (κ1) is 108. The molecule has 742 valence electrons. The van der Waals surface area contributed by atoms with Crippen LogP contribution in [0.3, 0.4) is 0 Å². The summed E-state index contributed by atoms with van der Waals surface area (Å²) in [6, 6.07) is 10.3. The van der Waals surface area contributed by atoms with Crippen molar-refractivity contribution in [1.29, 1.82) is 10.8 Å². The van der Waals surface area contributed by atoms with E-state index < -0.39 is 212 Å². The Morgan fingerprint density at radius 3 is 1.81 bits per heavy atom. The van der Waals surface area contributed by atoms with Gasteiger partial charge in [-0.1, -0.05) is 131 Å². The van der Waals surface area contributed by atoms with Gasteiger partial charge in [-0.2, -0.15) is 0 Å². The number of aromatic hydroxyl groups is 1. The van der Waals surface area contributed by atoms with E-state index in [1.807, 2.05) is 0 Å². The lowest BCUT2D eigenvalue weighted by molar-refractivity contribution is -0.347. The molecule has 39 nitrogen and oxygen atoms in total. The number of hydrogen-bond donors (Lipinski definition) is 16. The first-order valence-electron chi connectivity index (χ1n) is 45.4. The van der Waals surface area contributed by atoms with Crippen LogP contribution in [0, 0.1) is 38.9 Å². The van der Waals surface area contributed by atoms with Gasteiger partial charge in [0.1, 0.15) is 90.7 Å². The summed E-state index contributed by atoms with van der Waals surface area (Å²) in [6.45, 7) is 24.8. The Hall–Kier alpha value is -11.1. The number of carboxylic acids is 1. The number of nitrogens with two attached hydrogens (primary N) is 3. The van der Waals surface area contributed by atoms with Crippen LogP contribution in [0.15, 0.2) is 109 Å². The van der Waals surface area contributed by atoms with Gasteiger partial charge in [0.25, 0.3) is 5.95 Å². The molecule has 19 atom stereocenters. The second-order valence-corrected chi connectivity index (χ2v) is 41.2. The molecule has 2 saturated carbocycles. The van der Waals surface area contributed by atoms with E-state index in [0.29, 0.717) is 23.1 Å². The molecule has 3 heterocycles. The van der Waals surface area contributed by atoms with Gasteiger partial charge in [-0.05, 0) is 150 Å². The number of benzene rings is 3. The zero-order chi connectivity index (χ0) is 99.7. The Bertz CT molecular complexity index is 4850. The quantitative estimate of drug-likeness (QED) is 0.00550. The number of aliphatic hydroxyl groups is 1. The van der Waals surface area contributed by atoms with Gasteiger partial charge >= 0.3 is 23.9 Å². The Labute approximate surface area is 794 Å². The average molecular weight is 1920 g/mol. The summed E-state index contributed by atoms with van der Waals surface area (Å²) in [5, 5.41) is 71.8. The molecular formula is C94H135N15O24S2. The summed E-state index contributed by atoms with van der Waals surface area (Å²) in [5.41, 5.74) is 11.4. The van der Waals surface area contributed by atoms with Crippen LogP contribution in [-0.4, -0.2) is 274 Å². The van der Waals surface area contributed by atoms with Crippen LogP contribution in [-0.2, 0) is 102 Å². The van der Waals surface area contributed by atoms with Gasteiger partial charge in [0.15, 0.2) is 23.3 Å². The van der Waals surface area contributed by atoms with Crippen LogP contribution in [0.25, 0.3) is 0 Å². The highest BCUT2D eigenvalue weighted by Crippen LogP contribution is 2.65. The molecule has 2 bridgehead atoms. The fraction of sp³-hybridized carbons (Fsp3) is 0.606. The topological polar surface area (TPSA) is 585 Å². The highest BCUT2D eigenvalue weighted by molar-refractivity contribution is 8.77. The van der Waals surface area contributed by atoms with Crippen LogP contribution >= 0.6 is 21.6 Å². The summed E-state index contributed by atoms with van der Waals surface area (Å²) in [4.78, 5) is 192. The number of phenolic OH excluding ortho intramolecular Hbond substituents is 1. The number of nitrogens with zero attached hydrogens (tertiary/aromatic N) is 2. The minimum absolute atomic E-state index is 0.00322. The molecule has 19 N–H and O–H groups in total. The fourth-order valence-corrected chi connectivity index (χ4v) is 21.7. The van der Waals surface area contributed by atoms with E-state index in [2.05, 4.69) is 49.1 Å². The standard InChI is InChI=1S/C94H135N15O24S2/c1-50(2)45-62(84(121)122)106-81(118)73(89(7,8)9)107-78(115)61(46-55-35-37-58(112)38-36-55)105-80(117)63-33-25-41-108(63)82(119)60(32-24-40-101-88(98)99)104-77(114)59(31-23-39-100-87(96)97)103-79(116)64-34-26-42-109(64)83(120)74(102-52(4)110)91(12,13)135-134-44-43-128-54(6)130-71(69(95)56-27-19-17-20-28-56)86(124)131-65-48-94(125)76(132-85(123)57-29-21-18-22-30-57)72-92(14,75(113)70(127-16)68(51(65)3)90(94,10)11)66(126-15)47-67-93(72,49-129-67)133-53(5)111/h17-22,27-30,35-38,50,59-67,69-74,76,112,125H,6,23-26,31-34,39-49,95H2,1-5,7-16H3,(H,102,110)(H,103,116)(H,104,114)(H,105,117)(H,106,118)(H,107,115)(H,121,122)(H4,96,97,100)(H4,98,99,101)/t59-,60-,61-,62-,63-,64-,65?,66-,67+,69?,70+,71?,72-,73+,74?,76-,92?,93-,94?/m0/s1. The number of methoxy groups -OCH3 is 2. The average Bonchev–Trinajstić information content (AvgIpc) is 0.741. The van der Waals surface area contributed by atoms with Gasteiger partial charge in [0.05, 0.1) is 35.6 Å². The minimum Gasteiger partial charge on any atom is -0.508 e. The van der Waals surface area contributed by atoms with E-state index in [1.165, 1.54) is 95.9 Å². The number of carboxylic acid groups (broad SMARTS) is 1. The number of fused-ring (bicyclic) bond motifs is 5. The molecule has 41 heteroatoms. The molecule has 5 fully saturated rings. The van der Waals surface area contributed by atoms with Gasteiger partial charge in [0.2, 0.25) is 53.4 Å². The predicted octanol–water partition coefficient (Wildman–Crippen LogP) is 4.24. The molecule has 3 aliphatic carbocycles. The zero-order valence-electron chi connectivity index (χ0n) is 79.4. The number of rotatable bonds is 44. The number of carbonyl (C=O) groups is 13. The van der Waals surface area contributed by atoms with Crippen molar-refractivity contribution in [3.63, 3.8) is 0 Å². The van der Waals surface area contributed by atoms with Crippen molar-refractivity contribution in [2.75, 3.05) is 59.4 Å². The van der Waals surface area contributed by atoms with Crippen molar-refractivity contribution in [2.45, 2.75) is 274 Å². The number of guanidine groups is 2. The number of likely N-dealkylation sites (tertiary alicyclic amines) is 2. The third-order valence-corrected chi connectivity index (χ3v) is 29.5. The van der Waals surface area contributed by atoms with Crippen molar-refractivity contribution in [3.8, 4) is 5.75 Å². The number of aliphatic carboxylic acids is 1. The highest BCUT2D eigenvalue weighted by atomic mass is 33.1. The van der Waals surface area contributed by atoms with E-state index in [0.717, 1.165) is 0 Å². The third kappa shape index (κ3) is 25.6. The van der Waals surface area contributed by atoms with Crippen molar-refractivity contribution in [1.82, 2.24) is 52.3 Å². The molecule has 0 spiro atoms. The van der Waals surface area contributed by atoms with Crippen LogP contribution in [0.4, 0.5) is 0 Å². The normalized spacial score (nSPS) is 24.7. The van der Waals surface area contributed by atoms with Gasteiger partial charge in [-0.15, -0.1) is 0 Å². The summed E-state index contributed by atoms with van der Waals surface area (Å²) in [6.07, 6.45) is -8.01. The number of ketones is 1. The molecule has 3 aromatic carbocycles. The monoisotopic (exact) mass is 1920 g/mol. The number of esters is 3. The Kier molecular flexibility index (Phi) is 36.8. The molecule has 9 rings (SSSR count). The molecule has 6 aliphatic rings. The lowest BCUT2D eigenvalue weighted by Crippen LogP contribution is -2.82. The maximum Gasteiger partial charge on any atom is 0.350 e. The van der Waals surface area contributed by atoms with Crippen LogP contribution in [0.2, 0.25) is 0 Å². The maximum atomic E-state index is 16.0. The SMILES string of the molecule is C=C(OCCSSC(C)(C)C(NC(C)=O)C(=O)N1CCC[C@H]1C(=O)N[C@@H](CCCNC(=N)N)C(=O)N[C@@H](CCCNC(=N)N)C(=O)N1CCC[C@H]1C(=O)N[C@@H](Cc1ccc(O)cc1)C(=O)N[C@H](C(=O)N[C@@H](CC(C)C)C(=O)O)C(C)(C)C)OC(C(=O)OC1CC2(O)[C@@H](OC(=O)c3ccccc3)[C@H]3C(C)(C(=O)[C@H](OC)C(=C1C)C2(C)C)[C@@H](OC)C[C@H]1OC[C@]13OC(C)=O)C(N)c1ccccc1. The molecule has 3 aliphatic heterocycles. The van der Waals surface area contributed by atoms with Crippen LogP contribution in [0.5, 0.6) is 5.75 Å². The summed E-state index contributed by atoms with van der Waals surface area (Å²) >= 11 is 0. The lowest BCUT2D eigenvalue weighted by atomic mass is 9.44. The van der Waals surface area contributed by atoms with Gasteiger partial charge in [0, 0.05) is 89.4 Å². The molecule has 3 aromatic rings. The van der Waals surface area contributed by atoms with Crippen molar-refractivity contribution >= 4 is 110 Å². The zero-order valence-corrected chi connectivity index (χ0v) is 81.0. The van der Waals surface area contributed by atoms with Crippen LogP contribution < -0.4 is 59.7 Å². The summed E-state index contributed by atoms with van der Waals surface area (Å²) in [7, 11) is 5.16. The minimum atomic E-state index is -2.33. The smallest absolute Gasteiger partial charge is 0.350 e. The van der Waals surface area contributed by atoms with Gasteiger partial charge in [-0.25, -0.2) is 14.4 Å².